The van der Waals surface area contributed by atoms with Crippen LogP contribution >= 0.6 is 0 Å². The highest BCUT2D eigenvalue weighted by molar-refractivity contribution is 5.87. The maximum Gasteiger partial charge on any atom is 0.232 e. The average Bonchev–Trinajstić information content (AvgIpc) is 1.99. The zero-order valence-corrected chi connectivity index (χ0v) is 8.86. The zero-order valence-electron chi connectivity index (χ0n) is 8.86. The van der Waals surface area contributed by atoms with E-state index in [4.69, 9.17) is 4.74 Å². The van der Waals surface area contributed by atoms with Crippen LogP contribution in [0.1, 0.15) is 27.2 Å². The number of hydrogen-bond acceptors (Lipinski definition) is 3. The molecule has 0 aromatic carbocycles. The summed E-state index contributed by atoms with van der Waals surface area (Å²) in [6.45, 7) is 6.15. The molecule has 0 aromatic rings. The van der Waals surface area contributed by atoms with Gasteiger partial charge in [-0.15, -0.1) is 0 Å². The molecule has 2 aliphatic rings. The van der Waals surface area contributed by atoms with Gasteiger partial charge in [0.15, 0.2) is 0 Å². The summed E-state index contributed by atoms with van der Waals surface area (Å²) in [4.78, 5) is 13.5. The van der Waals surface area contributed by atoms with Crippen LogP contribution in [0.25, 0.3) is 0 Å². The molecule has 4 nitrogen and oxygen atoms in total. The van der Waals surface area contributed by atoms with Crippen LogP contribution in [0, 0.1) is 5.92 Å². The van der Waals surface area contributed by atoms with Crippen molar-refractivity contribution in [2.45, 2.75) is 45.1 Å². The van der Waals surface area contributed by atoms with Gasteiger partial charge < -0.3 is 14.7 Å². The first-order valence-corrected chi connectivity index (χ1v) is 5.10. The molecule has 4 heteroatoms. The summed E-state index contributed by atoms with van der Waals surface area (Å²) >= 11 is 0. The van der Waals surface area contributed by atoms with Crippen molar-refractivity contribution in [2.24, 2.45) is 5.92 Å². The van der Waals surface area contributed by atoms with Gasteiger partial charge in [-0.1, -0.05) is 0 Å². The Balaban J connectivity index is 2.17. The Morgan fingerprint density at radius 1 is 1.64 bits per heavy atom. The molecule has 1 N–H and O–H groups in total. The average molecular weight is 199 g/mol. The number of hydrogen-bond donors (Lipinski definition) is 1. The molecule has 2 saturated heterocycles. The van der Waals surface area contributed by atoms with E-state index in [9.17, 15) is 9.90 Å². The molecule has 2 rings (SSSR count). The van der Waals surface area contributed by atoms with Gasteiger partial charge in [0.2, 0.25) is 5.91 Å². The fourth-order valence-corrected chi connectivity index (χ4v) is 2.57. The number of ether oxygens (including phenoxy) is 1. The molecule has 2 fully saturated rings. The van der Waals surface area contributed by atoms with Gasteiger partial charge >= 0.3 is 0 Å². The molecule has 80 valence electrons. The summed E-state index contributed by atoms with van der Waals surface area (Å²) in [5.74, 6) is -0.187. The highest BCUT2D eigenvalue weighted by Crippen LogP contribution is 2.41. The first-order chi connectivity index (χ1) is 6.45. The second-order valence-corrected chi connectivity index (χ2v) is 4.63. The van der Waals surface area contributed by atoms with Gasteiger partial charge in [0.05, 0.1) is 24.7 Å². The lowest BCUT2D eigenvalue weighted by atomic mass is 9.79. The van der Waals surface area contributed by atoms with Crippen LogP contribution in [0.3, 0.4) is 0 Å². The van der Waals surface area contributed by atoms with Crippen LogP contribution in [0.4, 0.5) is 0 Å². The number of aliphatic hydroxyl groups is 1. The summed E-state index contributed by atoms with van der Waals surface area (Å²) in [6.07, 6.45) is 0.294. The number of amides is 1. The summed E-state index contributed by atoms with van der Waals surface area (Å²) in [5.41, 5.74) is -0.495. The van der Waals surface area contributed by atoms with Crippen molar-refractivity contribution in [3.8, 4) is 0 Å². The van der Waals surface area contributed by atoms with Gasteiger partial charge in [-0.3, -0.25) is 4.79 Å². The van der Waals surface area contributed by atoms with Crippen molar-refractivity contribution < 1.29 is 14.6 Å². The Hall–Kier alpha value is -0.610. The Bertz CT molecular complexity index is 262. The minimum atomic E-state index is -0.544. The van der Waals surface area contributed by atoms with E-state index in [1.807, 2.05) is 13.8 Å². The number of carbonyl (C=O) groups is 1. The minimum Gasteiger partial charge on any atom is -0.393 e. The molecule has 3 atom stereocenters. The predicted molar refractivity (Wildman–Crippen MR) is 50.5 cm³/mol. The van der Waals surface area contributed by atoms with Gasteiger partial charge in [-0.25, -0.2) is 0 Å². The molecule has 0 spiro atoms. The summed E-state index contributed by atoms with van der Waals surface area (Å²) < 4.78 is 5.52. The van der Waals surface area contributed by atoms with Crippen molar-refractivity contribution in [3.63, 3.8) is 0 Å². The van der Waals surface area contributed by atoms with Crippen molar-refractivity contribution in [1.82, 2.24) is 4.90 Å². The van der Waals surface area contributed by atoms with Crippen LogP contribution < -0.4 is 0 Å². The lowest BCUT2D eigenvalue weighted by molar-refractivity contribution is -0.240. The van der Waals surface area contributed by atoms with Crippen LogP contribution in [0.2, 0.25) is 0 Å². The lowest BCUT2D eigenvalue weighted by Crippen LogP contribution is -2.73. The van der Waals surface area contributed by atoms with Gasteiger partial charge in [0.25, 0.3) is 0 Å². The Morgan fingerprint density at radius 3 is 2.86 bits per heavy atom. The summed E-state index contributed by atoms with van der Waals surface area (Å²) in [5, 5.41) is 9.46. The first-order valence-electron chi connectivity index (χ1n) is 5.10. The maximum absolute atomic E-state index is 11.7. The first kappa shape index (κ1) is 9.93. The van der Waals surface area contributed by atoms with Crippen molar-refractivity contribution in [3.05, 3.63) is 0 Å². The molecule has 0 aromatic heterocycles. The van der Waals surface area contributed by atoms with Crippen molar-refractivity contribution >= 4 is 5.91 Å². The van der Waals surface area contributed by atoms with Crippen molar-refractivity contribution in [2.75, 3.05) is 6.61 Å². The third-order valence-electron chi connectivity index (χ3n) is 3.24. The van der Waals surface area contributed by atoms with E-state index in [0.29, 0.717) is 6.61 Å². The molecule has 0 bridgehead atoms. The largest absolute Gasteiger partial charge is 0.393 e. The SMILES string of the molecule is C[C@@H](O)[C@H]1C(=O)N2[C@@H]1CCOC2(C)C. The smallest absolute Gasteiger partial charge is 0.232 e. The second kappa shape index (κ2) is 2.94. The van der Waals surface area contributed by atoms with Gasteiger partial charge in [-0.05, 0) is 27.2 Å². The third kappa shape index (κ3) is 1.17. The van der Waals surface area contributed by atoms with Gasteiger partial charge in [-0.2, -0.15) is 0 Å². The summed E-state index contributed by atoms with van der Waals surface area (Å²) in [7, 11) is 0. The minimum absolute atomic E-state index is 0.0229. The van der Waals surface area contributed by atoms with E-state index in [1.165, 1.54) is 0 Å². The highest BCUT2D eigenvalue weighted by atomic mass is 16.5. The maximum atomic E-state index is 11.7. The molecule has 14 heavy (non-hydrogen) atoms. The Labute approximate surface area is 83.8 Å². The number of carbonyl (C=O) groups excluding carboxylic acids is 1. The molecular formula is C10H17NO3. The monoisotopic (exact) mass is 199 g/mol. The van der Waals surface area contributed by atoms with E-state index in [0.717, 1.165) is 6.42 Å². The third-order valence-corrected chi connectivity index (χ3v) is 3.24. The molecule has 0 saturated carbocycles. The van der Waals surface area contributed by atoms with Crippen LogP contribution in [-0.4, -0.2) is 40.4 Å². The Kier molecular flexibility index (Phi) is 2.08. The van der Waals surface area contributed by atoms with Gasteiger partial charge in [0.1, 0.15) is 5.72 Å². The van der Waals surface area contributed by atoms with Crippen molar-refractivity contribution in [1.29, 1.82) is 0 Å². The number of rotatable bonds is 1. The van der Waals surface area contributed by atoms with E-state index in [-0.39, 0.29) is 17.9 Å². The molecular weight excluding hydrogens is 182 g/mol. The fraction of sp³-hybridized carbons (Fsp3) is 0.900. The molecule has 0 unspecified atom stereocenters. The number of fused-ring (bicyclic) bond motifs is 1. The Morgan fingerprint density at radius 2 is 2.29 bits per heavy atom. The molecule has 0 aliphatic carbocycles. The fourth-order valence-electron chi connectivity index (χ4n) is 2.57. The predicted octanol–water partition coefficient (Wildman–Crippen LogP) is 0.351. The number of aliphatic hydroxyl groups excluding tert-OH is 1. The normalized spacial score (nSPS) is 37.4. The molecule has 2 aliphatic heterocycles. The highest BCUT2D eigenvalue weighted by Gasteiger charge is 2.56. The summed E-state index contributed by atoms with van der Waals surface area (Å²) in [6, 6.07) is 0.172. The lowest BCUT2D eigenvalue weighted by Gasteiger charge is -2.58. The van der Waals surface area contributed by atoms with Crippen LogP contribution in [0.15, 0.2) is 0 Å². The van der Waals surface area contributed by atoms with Crippen LogP contribution in [-0.2, 0) is 9.53 Å². The van der Waals surface area contributed by atoms with E-state index < -0.39 is 11.8 Å². The van der Waals surface area contributed by atoms with E-state index >= 15 is 0 Å². The standard InChI is InChI=1S/C10H17NO3/c1-6(12)8-7-4-5-14-10(2,3)11(7)9(8)13/h6-8,12H,4-5H2,1-3H3/t6-,7-,8-/m1/s1. The molecule has 2 heterocycles. The second-order valence-electron chi connectivity index (χ2n) is 4.63. The molecule has 0 radical (unpaired) electrons. The zero-order chi connectivity index (χ0) is 10.5. The number of nitrogens with zero attached hydrogens (tertiary/aromatic N) is 1. The van der Waals surface area contributed by atoms with Gasteiger partial charge in [0, 0.05) is 0 Å². The van der Waals surface area contributed by atoms with Crippen LogP contribution in [0.5, 0.6) is 0 Å². The van der Waals surface area contributed by atoms with E-state index in [2.05, 4.69) is 0 Å². The van der Waals surface area contributed by atoms with E-state index in [1.54, 1.807) is 11.8 Å². The quantitative estimate of drug-likeness (QED) is 0.620. The number of β-lactam (4-membered cyclic amide) rings is 1. The topological polar surface area (TPSA) is 49.8 Å². The molecule has 1 amide bonds.